The van der Waals surface area contributed by atoms with Gasteiger partial charge in [0.1, 0.15) is 5.75 Å². The zero-order chi connectivity index (χ0) is 17.8. The summed E-state index contributed by atoms with van der Waals surface area (Å²) in [5.74, 6) is 1.58. The molecule has 0 unspecified atom stereocenters. The molecule has 3 rings (SSSR count). The topological polar surface area (TPSA) is 50.9 Å². The molecule has 2 heterocycles. The molecule has 1 aromatic heterocycles. The van der Waals surface area contributed by atoms with E-state index in [2.05, 4.69) is 46.6 Å². The third kappa shape index (κ3) is 3.79. The monoisotopic (exact) mass is 354 g/mol. The molecule has 25 heavy (non-hydrogen) atoms. The number of hydrogen-bond donors (Lipinski definition) is 1. The molecule has 1 N–H and O–H groups in total. The summed E-state index contributed by atoms with van der Waals surface area (Å²) in [6.07, 6.45) is 1.92. The van der Waals surface area contributed by atoms with Crippen LogP contribution in [0.5, 0.6) is 5.75 Å². The summed E-state index contributed by atoms with van der Waals surface area (Å²) in [4.78, 5) is 4.59. The van der Waals surface area contributed by atoms with Crippen molar-refractivity contribution in [2.75, 3.05) is 12.9 Å². The Hall–Kier alpha value is -2.47. The third-order valence-corrected chi connectivity index (χ3v) is 4.99. The molecule has 1 aliphatic heterocycles. The SMILES string of the molecule is C=CCn1c(C)cc(C2=NNC(=Nc3cccc(OC)c3)SC2)c1C. The van der Waals surface area contributed by atoms with Gasteiger partial charge in [-0.2, -0.15) is 5.10 Å². The zero-order valence-corrected chi connectivity index (χ0v) is 15.6. The summed E-state index contributed by atoms with van der Waals surface area (Å²) in [7, 11) is 1.65. The van der Waals surface area contributed by atoms with Gasteiger partial charge in [0.05, 0.1) is 18.5 Å². The van der Waals surface area contributed by atoms with Crippen LogP contribution in [-0.4, -0.2) is 28.3 Å². The number of amidine groups is 1. The van der Waals surface area contributed by atoms with E-state index in [0.29, 0.717) is 0 Å². The Balaban J connectivity index is 1.79. The van der Waals surface area contributed by atoms with Crippen molar-refractivity contribution in [3.05, 3.63) is 59.9 Å². The van der Waals surface area contributed by atoms with Crippen molar-refractivity contribution in [2.45, 2.75) is 20.4 Å². The van der Waals surface area contributed by atoms with Crippen molar-refractivity contribution >= 4 is 28.3 Å². The van der Waals surface area contributed by atoms with Crippen molar-refractivity contribution in [2.24, 2.45) is 10.1 Å². The van der Waals surface area contributed by atoms with E-state index in [4.69, 9.17) is 4.74 Å². The molecular formula is C19H22N4OS. The van der Waals surface area contributed by atoms with Gasteiger partial charge in [-0.15, -0.1) is 6.58 Å². The molecule has 0 fully saturated rings. The van der Waals surface area contributed by atoms with Gasteiger partial charge in [0, 0.05) is 35.3 Å². The van der Waals surface area contributed by atoms with E-state index in [1.807, 2.05) is 30.3 Å². The lowest BCUT2D eigenvalue weighted by atomic mass is 10.1. The molecule has 0 radical (unpaired) electrons. The van der Waals surface area contributed by atoms with Gasteiger partial charge in [-0.1, -0.05) is 23.9 Å². The summed E-state index contributed by atoms with van der Waals surface area (Å²) in [5, 5.41) is 5.33. The Kier molecular flexibility index (Phi) is 5.28. The van der Waals surface area contributed by atoms with E-state index >= 15 is 0 Å². The number of nitrogens with zero attached hydrogens (tertiary/aromatic N) is 3. The van der Waals surface area contributed by atoms with Crippen LogP contribution in [-0.2, 0) is 6.54 Å². The van der Waals surface area contributed by atoms with Crippen LogP contribution in [0.25, 0.3) is 0 Å². The summed E-state index contributed by atoms with van der Waals surface area (Å²) in [5.41, 5.74) is 8.57. The second-order valence-corrected chi connectivity index (χ2v) is 6.73. The first-order valence-electron chi connectivity index (χ1n) is 8.08. The first kappa shape index (κ1) is 17.4. The number of thioether (sulfide) groups is 1. The predicted molar refractivity (Wildman–Crippen MR) is 106 cm³/mol. The number of aliphatic imine (C=N–C) groups is 1. The number of benzene rings is 1. The van der Waals surface area contributed by atoms with Crippen LogP contribution in [0.1, 0.15) is 17.0 Å². The van der Waals surface area contributed by atoms with Crippen LogP contribution < -0.4 is 10.2 Å². The Morgan fingerprint density at radius 1 is 1.40 bits per heavy atom. The highest BCUT2D eigenvalue weighted by atomic mass is 32.2. The molecule has 0 amide bonds. The Morgan fingerprint density at radius 3 is 2.92 bits per heavy atom. The number of methoxy groups -OCH3 is 1. The summed E-state index contributed by atoms with van der Waals surface area (Å²) >= 11 is 1.65. The first-order valence-corrected chi connectivity index (χ1v) is 9.07. The standard InChI is InChI=1S/C19H22N4OS/c1-5-9-23-13(2)10-17(14(23)3)18-12-25-19(22-21-18)20-15-7-6-8-16(11-15)24-4/h5-8,10-11H,1,9,12H2,2-4H3,(H,20,22). The fourth-order valence-electron chi connectivity index (χ4n) is 2.81. The fraction of sp³-hybridized carbons (Fsp3) is 0.263. The van der Waals surface area contributed by atoms with Gasteiger partial charge >= 0.3 is 0 Å². The smallest absolute Gasteiger partial charge is 0.182 e. The van der Waals surface area contributed by atoms with E-state index in [1.54, 1.807) is 18.9 Å². The molecule has 1 aliphatic rings. The highest BCUT2D eigenvalue weighted by Gasteiger charge is 2.18. The minimum absolute atomic E-state index is 0.786. The molecule has 0 spiro atoms. The predicted octanol–water partition coefficient (Wildman–Crippen LogP) is 4.03. The van der Waals surface area contributed by atoms with Crippen molar-refractivity contribution in [1.29, 1.82) is 0 Å². The number of hydrazone groups is 1. The molecular weight excluding hydrogens is 332 g/mol. The lowest BCUT2D eigenvalue weighted by Gasteiger charge is -2.15. The quantitative estimate of drug-likeness (QED) is 0.825. The molecule has 0 saturated carbocycles. The molecule has 0 atom stereocenters. The number of allylic oxidation sites excluding steroid dienone is 1. The van der Waals surface area contributed by atoms with Crippen LogP contribution in [0.3, 0.4) is 0 Å². The van der Waals surface area contributed by atoms with Gasteiger partial charge in [0.15, 0.2) is 5.17 Å². The average Bonchev–Trinajstić information content (AvgIpc) is 2.91. The Bertz CT molecular complexity index is 851. The first-order chi connectivity index (χ1) is 12.1. The molecule has 130 valence electrons. The molecule has 0 aliphatic carbocycles. The molecule has 1 aromatic carbocycles. The van der Waals surface area contributed by atoms with Gasteiger partial charge < -0.3 is 9.30 Å². The summed E-state index contributed by atoms with van der Waals surface area (Å²) < 4.78 is 7.48. The zero-order valence-electron chi connectivity index (χ0n) is 14.7. The largest absolute Gasteiger partial charge is 0.497 e. The number of rotatable bonds is 5. The highest BCUT2D eigenvalue weighted by Crippen LogP contribution is 2.24. The number of aromatic nitrogens is 1. The maximum atomic E-state index is 5.23. The maximum absolute atomic E-state index is 5.23. The van der Waals surface area contributed by atoms with E-state index in [9.17, 15) is 0 Å². The lowest BCUT2D eigenvalue weighted by molar-refractivity contribution is 0.415. The van der Waals surface area contributed by atoms with E-state index in [1.165, 1.54) is 17.0 Å². The van der Waals surface area contributed by atoms with Crippen molar-refractivity contribution in [3.8, 4) is 5.75 Å². The summed E-state index contributed by atoms with van der Waals surface area (Å²) in [6, 6.07) is 9.86. The van der Waals surface area contributed by atoms with Gasteiger partial charge in [-0.05, 0) is 32.0 Å². The van der Waals surface area contributed by atoms with Gasteiger partial charge in [-0.25, -0.2) is 4.99 Å². The van der Waals surface area contributed by atoms with Crippen molar-refractivity contribution in [3.63, 3.8) is 0 Å². The van der Waals surface area contributed by atoms with Crippen LogP contribution in [0, 0.1) is 13.8 Å². The normalized spacial score (nSPS) is 15.6. The number of ether oxygens (including phenoxy) is 1. The van der Waals surface area contributed by atoms with Crippen molar-refractivity contribution in [1.82, 2.24) is 9.99 Å². The summed E-state index contributed by atoms with van der Waals surface area (Å²) in [6.45, 7) is 8.88. The van der Waals surface area contributed by atoms with Crippen LogP contribution >= 0.6 is 11.8 Å². The molecule has 0 saturated heterocycles. The second-order valence-electron chi connectivity index (χ2n) is 5.76. The van der Waals surface area contributed by atoms with E-state index in [-0.39, 0.29) is 0 Å². The van der Waals surface area contributed by atoms with Crippen LogP contribution in [0.2, 0.25) is 0 Å². The minimum Gasteiger partial charge on any atom is -0.497 e. The Morgan fingerprint density at radius 2 is 2.24 bits per heavy atom. The van der Waals surface area contributed by atoms with Gasteiger partial charge in [0.2, 0.25) is 0 Å². The average molecular weight is 354 g/mol. The maximum Gasteiger partial charge on any atom is 0.182 e. The highest BCUT2D eigenvalue weighted by molar-refractivity contribution is 8.14. The molecule has 6 heteroatoms. The third-order valence-electron chi connectivity index (χ3n) is 4.11. The molecule has 5 nitrogen and oxygen atoms in total. The van der Waals surface area contributed by atoms with Gasteiger partial charge in [0.25, 0.3) is 0 Å². The van der Waals surface area contributed by atoms with Gasteiger partial charge in [-0.3, -0.25) is 5.43 Å². The molecule has 2 aromatic rings. The number of nitrogens with one attached hydrogen (secondary N) is 1. The van der Waals surface area contributed by atoms with Crippen LogP contribution in [0.15, 0.2) is 53.1 Å². The number of aryl methyl sites for hydroxylation is 1. The molecule has 0 bridgehead atoms. The second kappa shape index (κ2) is 7.61. The lowest BCUT2D eigenvalue weighted by Crippen LogP contribution is -2.25. The fourth-order valence-corrected chi connectivity index (χ4v) is 3.59. The van der Waals surface area contributed by atoms with Crippen LogP contribution in [0.4, 0.5) is 5.69 Å². The van der Waals surface area contributed by atoms with E-state index < -0.39 is 0 Å². The number of hydrogen-bond acceptors (Lipinski definition) is 4. The Labute approximate surface area is 152 Å². The van der Waals surface area contributed by atoms with E-state index in [0.717, 1.165) is 34.6 Å². The van der Waals surface area contributed by atoms with Crippen molar-refractivity contribution < 1.29 is 4.74 Å². The minimum atomic E-state index is 0.786.